The Morgan fingerprint density at radius 3 is 2.20 bits per heavy atom. The zero-order valence-electron chi connectivity index (χ0n) is 18.3. The maximum absolute atomic E-state index is 12.3. The number of aromatic nitrogens is 1. The van der Waals surface area contributed by atoms with Gasteiger partial charge in [-0.15, -0.1) is 0 Å². The summed E-state index contributed by atoms with van der Waals surface area (Å²) in [5, 5.41) is 12.8. The molecule has 0 aliphatic carbocycles. The number of hydrogen-bond acceptors (Lipinski definition) is 5. The Bertz CT molecular complexity index is 933. The molecule has 1 amide bonds. The van der Waals surface area contributed by atoms with Gasteiger partial charge >= 0.3 is 18.0 Å². The van der Waals surface area contributed by atoms with E-state index < -0.39 is 35.3 Å². The SMILES string of the molecule is CC(C)(C)OC(=O)Cn1cc(C[C@H](NC(=O)OC(C)(C)C)C(=O)O)c2ccccc21. The monoisotopic (exact) mass is 418 g/mol. The molecule has 8 nitrogen and oxygen atoms in total. The summed E-state index contributed by atoms with van der Waals surface area (Å²) in [6, 6.07) is 6.19. The molecule has 0 saturated carbocycles. The van der Waals surface area contributed by atoms with E-state index in [2.05, 4.69) is 5.32 Å². The molecule has 2 rings (SSSR count). The van der Waals surface area contributed by atoms with Gasteiger partial charge in [-0.05, 0) is 53.2 Å². The number of fused-ring (bicyclic) bond motifs is 1. The van der Waals surface area contributed by atoms with Crippen LogP contribution >= 0.6 is 0 Å². The summed E-state index contributed by atoms with van der Waals surface area (Å²) >= 11 is 0. The lowest BCUT2D eigenvalue weighted by Gasteiger charge is -2.22. The molecule has 2 N–H and O–H groups in total. The van der Waals surface area contributed by atoms with Crippen LogP contribution in [-0.4, -0.2) is 44.9 Å². The van der Waals surface area contributed by atoms with E-state index in [0.29, 0.717) is 5.56 Å². The maximum atomic E-state index is 12.3. The Hall–Kier alpha value is -3.03. The van der Waals surface area contributed by atoms with Gasteiger partial charge in [0.2, 0.25) is 0 Å². The molecule has 0 spiro atoms. The molecule has 0 bridgehead atoms. The Kier molecular flexibility index (Phi) is 6.80. The second kappa shape index (κ2) is 8.77. The molecule has 0 aliphatic rings. The summed E-state index contributed by atoms with van der Waals surface area (Å²) in [5.41, 5.74) is 0.128. The number of carboxylic acid groups (broad SMARTS) is 1. The van der Waals surface area contributed by atoms with Gasteiger partial charge in [-0.1, -0.05) is 18.2 Å². The minimum Gasteiger partial charge on any atom is -0.480 e. The van der Waals surface area contributed by atoms with Crippen molar-refractivity contribution < 1.29 is 29.0 Å². The molecular weight excluding hydrogens is 388 g/mol. The van der Waals surface area contributed by atoms with E-state index >= 15 is 0 Å². The first-order chi connectivity index (χ1) is 13.7. The number of ether oxygens (including phenoxy) is 2. The zero-order valence-corrected chi connectivity index (χ0v) is 18.3. The molecule has 0 aliphatic heterocycles. The molecular formula is C22H30N2O6. The van der Waals surface area contributed by atoms with E-state index in [0.717, 1.165) is 10.9 Å². The Labute approximate surface area is 176 Å². The second-order valence-electron chi connectivity index (χ2n) is 9.13. The molecule has 0 fully saturated rings. The Morgan fingerprint density at radius 2 is 1.63 bits per heavy atom. The number of rotatable bonds is 6. The summed E-state index contributed by atoms with van der Waals surface area (Å²) in [6.45, 7) is 10.5. The van der Waals surface area contributed by atoms with Crippen LogP contribution in [-0.2, 0) is 32.0 Å². The van der Waals surface area contributed by atoms with E-state index in [1.54, 1.807) is 52.3 Å². The van der Waals surface area contributed by atoms with Gasteiger partial charge in [0.15, 0.2) is 0 Å². The first kappa shape index (κ1) is 23.3. The molecule has 1 aromatic carbocycles. The molecule has 0 unspecified atom stereocenters. The van der Waals surface area contributed by atoms with Crippen LogP contribution in [0.25, 0.3) is 10.9 Å². The zero-order chi connectivity index (χ0) is 22.7. The van der Waals surface area contributed by atoms with Crippen molar-refractivity contribution in [2.24, 2.45) is 0 Å². The van der Waals surface area contributed by atoms with E-state index in [-0.39, 0.29) is 13.0 Å². The van der Waals surface area contributed by atoms with Crippen LogP contribution in [0.15, 0.2) is 30.5 Å². The minimum atomic E-state index is -1.18. The average molecular weight is 418 g/mol. The van der Waals surface area contributed by atoms with Crippen molar-refractivity contribution in [3.8, 4) is 0 Å². The lowest BCUT2D eigenvalue weighted by molar-refractivity contribution is -0.155. The quantitative estimate of drug-likeness (QED) is 0.696. The molecule has 0 saturated heterocycles. The van der Waals surface area contributed by atoms with E-state index in [1.165, 1.54) is 0 Å². The smallest absolute Gasteiger partial charge is 0.408 e. The number of amides is 1. The van der Waals surface area contributed by atoms with Crippen molar-refractivity contribution in [1.29, 1.82) is 0 Å². The van der Waals surface area contributed by atoms with Crippen molar-refractivity contribution in [3.05, 3.63) is 36.0 Å². The number of carbonyl (C=O) groups is 3. The van der Waals surface area contributed by atoms with Gasteiger partial charge in [-0.25, -0.2) is 9.59 Å². The summed E-state index contributed by atoms with van der Waals surface area (Å²) in [7, 11) is 0. The third kappa shape index (κ3) is 6.79. The normalized spacial score (nSPS) is 13.0. The lowest BCUT2D eigenvalue weighted by atomic mass is 10.1. The van der Waals surface area contributed by atoms with Crippen molar-refractivity contribution in [2.45, 2.75) is 71.8 Å². The number of aliphatic carboxylic acids is 1. The lowest BCUT2D eigenvalue weighted by Crippen LogP contribution is -2.44. The largest absolute Gasteiger partial charge is 0.480 e. The number of benzene rings is 1. The molecule has 8 heteroatoms. The maximum Gasteiger partial charge on any atom is 0.408 e. The summed E-state index contributed by atoms with van der Waals surface area (Å²) < 4.78 is 12.3. The average Bonchev–Trinajstić information content (AvgIpc) is 2.88. The molecule has 2 aromatic rings. The third-order valence-electron chi connectivity index (χ3n) is 4.00. The number of nitrogens with zero attached hydrogens (tertiary/aromatic N) is 1. The van der Waals surface area contributed by atoms with Gasteiger partial charge in [0, 0.05) is 23.5 Å². The third-order valence-corrected chi connectivity index (χ3v) is 4.00. The fraction of sp³-hybridized carbons (Fsp3) is 0.500. The molecule has 164 valence electrons. The summed E-state index contributed by atoms with van der Waals surface area (Å²) in [5.74, 6) is -1.57. The van der Waals surface area contributed by atoms with Crippen molar-refractivity contribution in [1.82, 2.24) is 9.88 Å². The number of hydrogen-bond donors (Lipinski definition) is 2. The van der Waals surface area contributed by atoms with Crippen LogP contribution in [0.5, 0.6) is 0 Å². The fourth-order valence-corrected chi connectivity index (χ4v) is 3.00. The van der Waals surface area contributed by atoms with Crippen LogP contribution in [0.4, 0.5) is 4.79 Å². The van der Waals surface area contributed by atoms with Crippen molar-refractivity contribution >= 4 is 28.9 Å². The Balaban J connectivity index is 2.26. The van der Waals surface area contributed by atoms with Crippen LogP contribution in [0, 0.1) is 0 Å². The minimum absolute atomic E-state index is 0.00494. The number of para-hydroxylation sites is 1. The van der Waals surface area contributed by atoms with Crippen molar-refractivity contribution in [3.63, 3.8) is 0 Å². The predicted octanol–water partition coefficient (Wildman–Crippen LogP) is 3.50. The van der Waals surface area contributed by atoms with Crippen LogP contribution in [0.2, 0.25) is 0 Å². The molecule has 30 heavy (non-hydrogen) atoms. The first-order valence-electron chi connectivity index (χ1n) is 9.76. The van der Waals surface area contributed by atoms with Gasteiger partial charge < -0.3 is 24.5 Å². The fourth-order valence-electron chi connectivity index (χ4n) is 3.00. The van der Waals surface area contributed by atoms with Crippen LogP contribution < -0.4 is 5.32 Å². The van der Waals surface area contributed by atoms with Gasteiger partial charge in [0.05, 0.1) is 0 Å². The van der Waals surface area contributed by atoms with Crippen LogP contribution in [0.3, 0.4) is 0 Å². The summed E-state index contributed by atoms with van der Waals surface area (Å²) in [6.07, 6.45) is 0.963. The highest BCUT2D eigenvalue weighted by molar-refractivity contribution is 5.87. The highest BCUT2D eigenvalue weighted by Gasteiger charge is 2.26. The highest BCUT2D eigenvalue weighted by Crippen LogP contribution is 2.23. The Morgan fingerprint density at radius 1 is 1.03 bits per heavy atom. The number of esters is 1. The van der Waals surface area contributed by atoms with E-state index in [1.807, 2.05) is 24.3 Å². The summed E-state index contributed by atoms with van der Waals surface area (Å²) in [4.78, 5) is 36.1. The van der Waals surface area contributed by atoms with Gasteiger partial charge in [0.1, 0.15) is 23.8 Å². The van der Waals surface area contributed by atoms with E-state index in [4.69, 9.17) is 9.47 Å². The van der Waals surface area contributed by atoms with Gasteiger partial charge in [0.25, 0.3) is 0 Å². The number of alkyl carbamates (subject to hydrolysis) is 1. The van der Waals surface area contributed by atoms with Crippen molar-refractivity contribution in [2.75, 3.05) is 0 Å². The molecule has 1 heterocycles. The molecule has 1 aromatic heterocycles. The molecule has 1 atom stereocenters. The predicted molar refractivity (Wildman–Crippen MR) is 112 cm³/mol. The van der Waals surface area contributed by atoms with Gasteiger partial charge in [-0.2, -0.15) is 0 Å². The first-order valence-corrected chi connectivity index (χ1v) is 9.76. The number of nitrogens with one attached hydrogen (secondary N) is 1. The topological polar surface area (TPSA) is 107 Å². The standard InChI is InChI=1S/C22H30N2O6/c1-21(2,3)29-18(25)13-24-12-14(15-9-7-8-10-17(15)24)11-16(19(26)27)23-20(28)30-22(4,5)6/h7-10,12,16H,11,13H2,1-6H3,(H,23,28)(H,26,27)/t16-/m0/s1. The highest BCUT2D eigenvalue weighted by atomic mass is 16.6. The van der Waals surface area contributed by atoms with Gasteiger partial charge in [-0.3, -0.25) is 4.79 Å². The second-order valence-corrected chi connectivity index (χ2v) is 9.13. The van der Waals surface area contributed by atoms with Crippen LogP contribution in [0.1, 0.15) is 47.1 Å². The van der Waals surface area contributed by atoms with E-state index in [9.17, 15) is 19.5 Å². The number of carbonyl (C=O) groups excluding carboxylic acids is 2. The molecule has 0 radical (unpaired) electrons. The number of carboxylic acids is 1.